The lowest BCUT2D eigenvalue weighted by atomic mass is 10.1. The van der Waals surface area contributed by atoms with E-state index in [1.54, 1.807) is 24.3 Å². The molecule has 0 saturated heterocycles. The van der Waals surface area contributed by atoms with Gasteiger partial charge in [0, 0.05) is 5.56 Å². The van der Waals surface area contributed by atoms with E-state index >= 15 is 0 Å². The van der Waals surface area contributed by atoms with Gasteiger partial charge in [0.1, 0.15) is 6.33 Å². The molecule has 8 heteroatoms. The number of rotatable bonds is 8. The van der Waals surface area contributed by atoms with Crippen molar-refractivity contribution in [1.82, 2.24) is 25.5 Å². The largest absolute Gasteiger partial charge is 0.490 e. The summed E-state index contributed by atoms with van der Waals surface area (Å²) < 4.78 is 12.8. The number of benzene rings is 2. The SMILES string of the molecule is CCOc1ccc([C@@H](C)NC(=O)c2ccc(-n3cnnn3)cc2)cc1OCC. The van der Waals surface area contributed by atoms with Crippen molar-refractivity contribution < 1.29 is 14.3 Å². The van der Waals surface area contributed by atoms with Crippen LogP contribution in [0.5, 0.6) is 11.5 Å². The van der Waals surface area contributed by atoms with E-state index in [2.05, 4.69) is 20.8 Å². The van der Waals surface area contributed by atoms with Gasteiger partial charge in [-0.2, -0.15) is 0 Å². The van der Waals surface area contributed by atoms with E-state index in [9.17, 15) is 4.79 Å². The summed E-state index contributed by atoms with van der Waals surface area (Å²) in [6.07, 6.45) is 1.50. The maximum atomic E-state index is 12.6. The van der Waals surface area contributed by atoms with Crippen LogP contribution in [-0.4, -0.2) is 39.3 Å². The van der Waals surface area contributed by atoms with Crippen LogP contribution in [-0.2, 0) is 0 Å². The molecule has 2 aromatic carbocycles. The van der Waals surface area contributed by atoms with E-state index in [4.69, 9.17) is 9.47 Å². The first-order valence-electron chi connectivity index (χ1n) is 9.16. The molecule has 1 atom stereocenters. The number of amides is 1. The maximum absolute atomic E-state index is 12.6. The zero-order valence-corrected chi connectivity index (χ0v) is 16.1. The molecular weight excluding hydrogens is 358 g/mol. The number of nitrogens with one attached hydrogen (secondary N) is 1. The molecule has 146 valence electrons. The second-order valence-electron chi connectivity index (χ2n) is 6.07. The molecule has 0 spiro atoms. The normalized spacial score (nSPS) is 11.7. The van der Waals surface area contributed by atoms with Crippen LogP contribution in [0.25, 0.3) is 5.69 Å². The fourth-order valence-corrected chi connectivity index (χ4v) is 2.75. The molecule has 8 nitrogen and oxygen atoms in total. The molecule has 0 radical (unpaired) electrons. The van der Waals surface area contributed by atoms with Crippen LogP contribution in [0.2, 0.25) is 0 Å². The van der Waals surface area contributed by atoms with Crippen LogP contribution in [0, 0.1) is 0 Å². The molecule has 0 saturated carbocycles. The molecule has 1 aromatic heterocycles. The zero-order chi connectivity index (χ0) is 19.9. The summed E-state index contributed by atoms with van der Waals surface area (Å²) in [5.74, 6) is 1.21. The van der Waals surface area contributed by atoms with Gasteiger partial charge in [0.05, 0.1) is 24.9 Å². The summed E-state index contributed by atoms with van der Waals surface area (Å²) in [6.45, 7) is 6.88. The van der Waals surface area contributed by atoms with Crippen LogP contribution in [0.1, 0.15) is 42.7 Å². The number of nitrogens with zero attached hydrogens (tertiary/aromatic N) is 4. The lowest BCUT2D eigenvalue weighted by Crippen LogP contribution is -2.26. The first kappa shape index (κ1) is 19.3. The minimum Gasteiger partial charge on any atom is -0.490 e. The number of tetrazole rings is 1. The quantitative estimate of drug-likeness (QED) is 0.645. The number of ether oxygens (including phenoxy) is 2. The topological polar surface area (TPSA) is 91.2 Å². The van der Waals surface area contributed by atoms with Crippen molar-refractivity contribution in [1.29, 1.82) is 0 Å². The van der Waals surface area contributed by atoms with E-state index < -0.39 is 0 Å². The highest BCUT2D eigenvalue weighted by Crippen LogP contribution is 2.30. The highest BCUT2D eigenvalue weighted by Gasteiger charge is 2.14. The third kappa shape index (κ3) is 4.46. The second-order valence-corrected chi connectivity index (χ2v) is 6.07. The molecular formula is C20H23N5O3. The smallest absolute Gasteiger partial charge is 0.251 e. The van der Waals surface area contributed by atoms with Gasteiger partial charge in [-0.3, -0.25) is 4.79 Å². The van der Waals surface area contributed by atoms with E-state index in [1.807, 2.05) is 39.0 Å². The summed E-state index contributed by atoms with van der Waals surface area (Å²) >= 11 is 0. The van der Waals surface area contributed by atoms with Gasteiger partial charge in [-0.1, -0.05) is 6.07 Å². The lowest BCUT2D eigenvalue weighted by molar-refractivity contribution is 0.0940. The Kier molecular flexibility index (Phi) is 6.21. The Bertz CT molecular complexity index is 910. The zero-order valence-electron chi connectivity index (χ0n) is 16.1. The molecule has 28 heavy (non-hydrogen) atoms. The van der Waals surface area contributed by atoms with Gasteiger partial charge in [0.15, 0.2) is 11.5 Å². The highest BCUT2D eigenvalue weighted by atomic mass is 16.5. The van der Waals surface area contributed by atoms with Gasteiger partial charge in [-0.05, 0) is 73.2 Å². The molecule has 0 unspecified atom stereocenters. The number of hydrogen-bond donors (Lipinski definition) is 1. The van der Waals surface area contributed by atoms with E-state index in [0.29, 0.717) is 30.3 Å². The van der Waals surface area contributed by atoms with Gasteiger partial charge in [0.25, 0.3) is 5.91 Å². The van der Waals surface area contributed by atoms with Crippen molar-refractivity contribution >= 4 is 5.91 Å². The van der Waals surface area contributed by atoms with Crippen molar-refractivity contribution in [3.8, 4) is 17.2 Å². The van der Waals surface area contributed by atoms with Crippen molar-refractivity contribution in [2.24, 2.45) is 0 Å². The number of carbonyl (C=O) groups is 1. The second kappa shape index (κ2) is 8.98. The summed E-state index contributed by atoms with van der Waals surface area (Å²) in [5, 5.41) is 14.0. The predicted octanol–water partition coefficient (Wildman–Crippen LogP) is 2.95. The molecule has 0 bridgehead atoms. The number of aromatic nitrogens is 4. The monoisotopic (exact) mass is 381 g/mol. The average Bonchev–Trinajstić information content (AvgIpc) is 3.24. The third-order valence-electron chi connectivity index (χ3n) is 4.16. The Morgan fingerprint density at radius 3 is 2.43 bits per heavy atom. The first-order chi connectivity index (χ1) is 13.6. The van der Waals surface area contributed by atoms with Crippen LogP contribution in [0.15, 0.2) is 48.8 Å². The minimum atomic E-state index is -0.193. The Morgan fingerprint density at radius 1 is 1.07 bits per heavy atom. The van der Waals surface area contributed by atoms with E-state index in [0.717, 1.165) is 11.3 Å². The molecule has 3 rings (SSSR count). The van der Waals surface area contributed by atoms with Crippen molar-refractivity contribution in [3.05, 3.63) is 59.9 Å². The third-order valence-corrected chi connectivity index (χ3v) is 4.16. The van der Waals surface area contributed by atoms with Gasteiger partial charge in [-0.15, -0.1) is 5.10 Å². The van der Waals surface area contributed by atoms with Crippen molar-refractivity contribution in [3.63, 3.8) is 0 Å². The summed E-state index contributed by atoms with van der Waals surface area (Å²) in [6, 6.07) is 12.6. The standard InChI is InChI=1S/C20H23N5O3/c1-4-27-18-11-8-16(12-19(18)28-5-2)14(3)22-20(26)15-6-9-17(10-7-15)25-13-21-23-24-25/h6-14H,4-5H2,1-3H3,(H,22,26)/t14-/m1/s1. The molecule has 1 N–H and O–H groups in total. The van der Waals surface area contributed by atoms with Crippen molar-refractivity contribution in [2.45, 2.75) is 26.8 Å². The molecule has 1 heterocycles. The molecule has 0 aliphatic heterocycles. The molecule has 0 fully saturated rings. The Hall–Kier alpha value is -3.42. The lowest BCUT2D eigenvalue weighted by Gasteiger charge is -2.17. The highest BCUT2D eigenvalue weighted by molar-refractivity contribution is 5.94. The fourth-order valence-electron chi connectivity index (χ4n) is 2.75. The summed E-state index contributed by atoms with van der Waals surface area (Å²) in [5.41, 5.74) is 2.27. The Balaban J connectivity index is 1.70. The van der Waals surface area contributed by atoms with Crippen LogP contribution < -0.4 is 14.8 Å². The van der Waals surface area contributed by atoms with Crippen LogP contribution in [0.4, 0.5) is 0 Å². The molecule has 1 amide bonds. The van der Waals surface area contributed by atoms with E-state index in [1.165, 1.54) is 11.0 Å². The summed E-state index contributed by atoms with van der Waals surface area (Å²) in [4.78, 5) is 12.6. The van der Waals surface area contributed by atoms with Crippen molar-refractivity contribution in [2.75, 3.05) is 13.2 Å². The Labute approximate surface area is 163 Å². The minimum absolute atomic E-state index is 0.164. The van der Waals surface area contributed by atoms with Gasteiger partial charge in [-0.25, -0.2) is 4.68 Å². The fraction of sp³-hybridized carbons (Fsp3) is 0.300. The average molecular weight is 381 g/mol. The van der Waals surface area contributed by atoms with Gasteiger partial charge >= 0.3 is 0 Å². The van der Waals surface area contributed by atoms with Crippen LogP contribution >= 0.6 is 0 Å². The number of carbonyl (C=O) groups excluding carboxylic acids is 1. The molecule has 0 aliphatic carbocycles. The number of hydrogen-bond acceptors (Lipinski definition) is 6. The van der Waals surface area contributed by atoms with Crippen LogP contribution in [0.3, 0.4) is 0 Å². The first-order valence-corrected chi connectivity index (χ1v) is 9.16. The summed E-state index contributed by atoms with van der Waals surface area (Å²) in [7, 11) is 0. The Morgan fingerprint density at radius 2 is 1.79 bits per heavy atom. The predicted molar refractivity (Wildman–Crippen MR) is 104 cm³/mol. The van der Waals surface area contributed by atoms with E-state index in [-0.39, 0.29) is 11.9 Å². The van der Waals surface area contributed by atoms with Gasteiger partial charge < -0.3 is 14.8 Å². The maximum Gasteiger partial charge on any atom is 0.251 e. The molecule has 3 aromatic rings. The van der Waals surface area contributed by atoms with Gasteiger partial charge in [0.2, 0.25) is 0 Å². The molecule has 0 aliphatic rings.